The second-order valence-corrected chi connectivity index (χ2v) is 5.79. The Morgan fingerprint density at radius 3 is 2.57 bits per heavy atom. The van der Waals surface area contributed by atoms with Crippen LogP contribution >= 0.6 is 23.8 Å². The van der Waals surface area contributed by atoms with Gasteiger partial charge in [-0.1, -0.05) is 29.8 Å². The zero-order valence-corrected chi connectivity index (χ0v) is 14.4. The van der Waals surface area contributed by atoms with Crippen LogP contribution in [0.5, 0.6) is 0 Å². The molecule has 0 bridgehead atoms. The molecule has 0 amide bonds. The van der Waals surface area contributed by atoms with Gasteiger partial charge in [-0.05, 0) is 55.0 Å². The van der Waals surface area contributed by atoms with Gasteiger partial charge in [0.1, 0.15) is 0 Å². The fraction of sp³-hybridized carbons (Fsp3) is 0.176. The van der Waals surface area contributed by atoms with E-state index in [1.54, 1.807) is 18.2 Å². The molecule has 2 aromatic carbocycles. The molecular formula is C17H17ClN2O2S. The molecule has 2 aromatic rings. The Kier molecular flexibility index (Phi) is 5.96. The van der Waals surface area contributed by atoms with Crippen molar-refractivity contribution < 1.29 is 9.53 Å². The number of benzene rings is 2. The average molecular weight is 349 g/mol. The summed E-state index contributed by atoms with van der Waals surface area (Å²) in [4.78, 5) is 11.5. The number of thiocarbonyl (C=S) groups is 1. The molecule has 0 unspecified atom stereocenters. The minimum atomic E-state index is -0.387. The van der Waals surface area contributed by atoms with E-state index in [0.717, 1.165) is 5.56 Å². The van der Waals surface area contributed by atoms with E-state index in [4.69, 9.17) is 28.6 Å². The summed E-state index contributed by atoms with van der Waals surface area (Å²) >= 11 is 11.2. The van der Waals surface area contributed by atoms with Crippen LogP contribution < -0.4 is 10.6 Å². The minimum absolute atomic E-state index is 0.0241. The molecule has 0 spiro atoms. The molecule has 0 radical (unpaired) electrons. The van der Waals surface area contributed by atoms with Gasteiger partial charge in [0.25, 0.3) is 0 Å². The van der Waals surface area contributed by atoms with Crippen LogP contribution in [0.2, 0.25) is 5.02 Å². The number of ether oxygens (including phenoxy) is 1. The number of anilines is 1. The summed E-state index contributed by atoms with van der Waals surface area (Å²) in [5, 5.41) is 7.41. The van der Waals surface area contributed by atoms with Crippen LogP contribution in [0.15, 0.2) is 48.5 Å². The highest BCUT2D eigenvalue weighted by Crippen LogP contribution is 2.17. The van der Waals surface area contributed by atoms with Gasteiger partial charge in [0.2, 0.25) is 0 Å². The van der Waals surface area contributed by atoms with E-state index in [-0.39, 0.29) is 12.0 Å². The zero-order valence-electron chi connectivity index (χ0n) is 12.8. The predicted octanol–water partition coefficient (Wildman–Crippen LogP) is 4.17. The first-order chi connectivity index (χ1) is 11.0. The standard InChI is InChI=1S/C17H17ClN2O2S/c1-11(12-6-8-14(18)9-7-12)19-17(23)20-15-5-3-4-13(10-15)16(21)22-2/h3-11H,1-2H3,(H2,19,20,23)/t11-/m0/s1. The lowest BCUT2D eigenvalue weighted by atomic mass is 10.1. The average Bonchev–Trinajstić information content (AvgIpc) is 2.54. The first kappa shape index (κ1) is 17.2. The van der Waals surface area contributed by atoms with Gasteiger partial charge in [0.15, 0.2) is 5.11 Å². The summed E-state index contributed by atoms with van der Waals surface area (Å²) in [7, 11) is 1.35. The second-order valence-electron chi connectivity index (χ2n) is 4.94. The quantitative estimate of drug-likeness (QED) is 0.641. The summed E-state index contributed by atoms with van der Waals surface area (Å²) in [5.41, 5.74) is 2.25. The Labute approximate surface area is 145 Å². The molecule has 2 N–H and O–H groups in total. The fourth-order valence-electron chi connectivity index (χ4n) is 2.04. The van der Waals surface area contributed by atoms with E-state index in [1.165, 1.54) is 7.11 Å². The number of rotatable bonds is 4. The summed E-state index contributed by atoms with van der Waals surface area (Å²) in [6, 6.07) is 14.6. The molecule has 1 atom stereocenters. The van der Waals surface area contributed by atoms with E-state index in [2.05, 4.69) is 10.6 Å². The maximum atomic E-state index is 11.5. The predicted molar refractivity (Wildman–Crippen MR) is 97.0 cm³/mol. The number of halogens is 1. The Balaban J connectivity index is 1.99. The summed E-state index contributed by atoms with van der Waals surface area (Å²) in [5.74, 6) is -0.387. The second kappa shape index (κ2) is 7.94. The van der Waals surface area contributed by atoms with Crippen molar-refractivity contribution in [2.45, 2.75) is 13.0 Å². The van der Waals surface area contributed by atoms with Crippen molar-refractivity contribution in [3.63, 3.8) is 0 Å². The third-order valence-electron chi connectivity index (χ3n) is 3.26. The molecule has 0 aliphatic heterocycles. The Hall–Kier alpha value is -2.11. The van der Waals surface area contributed by atoms with Crippen molar-refractivity contribution >= 4 is 40.6 Å². The van der Waals surface area contributed by atoms with E-state index >= 15 is 0 Å². The van der Waals surface area contributed by atoms with Crippen molar-refractivity contribution in [2.24, 2.45) is 0 Å². The molecule has 0 aliphatic rings. The number of nitrogens with one attached hydrogen (secondary N) is 2. The molecule has 2 rings (SSSR count). The lowest BCUT2D eigenvalue weighted by Gasteiger charge is -2.17. The maximum absolute atomic E-state index is 11.5. The molecule has 6 heteroatoms. The number of carbonyl (C=O) groups excluding carboxylic acids is 1. The number of methoxy groups -OCH3 is 1. The van der Waals surface area contributed by atoms with Crippen molar-refractivity contribution in [3.8, 4) is 0 Å². The summed E-state index contributed by atoms with van der Waals surface area (Å²) in [6.07, 6.45) is 0. The van der Waals surface area contributed by atoms with Gasteiger partial charge in [-0.2, -0.15) is 0 Å². The van der Waals surface area contributed by atoms with Crippen LogP contribution in [0.1, 0.15) is 28.9 Å². The highest BCUT2D eigenvalue weighted by molar-refractivity contribution is 7.80. The van der Waals surface area contributed by atoms with Gasteiger partial charge < -0.3 is 15.4 Å². The van der Waals surface area contributed by atoms with Crippen LogP contribution in [0.4, 0.5) is 5.69 Å². The Bertz CT molecular complexity index is 704. The monoisotopic (exact) mass is 348 g/mol. The van der Waals surface area contributed by atoms with E-state index in [1.807, 2.05) is 37.3 Å². The molecule has 0 saturated heterocycles. The fourth-order valence-corrected chi connectivity index (χ4v) is 2.46. The number of carbonyl (C=O) groups is 1. The molecule has 0 fully saturated rings. The summed E-state index contributed by atoms with van der Waals surface area (Å²) in [6.45, 7) is 2.00. The van der Waals surface area contributed by atoms with Gasteiger partial charge in [-0.15, -0.1) is 0 Å². The number of hydrogen-bond acceptors (Lipinski definition) is 3. The molecule has 23 heavy (non-hydrogen) atoms. The van der Waals surface area contributed by atoms with Crippen LogP contribution in [0, 0.1) is 0 Å². The number of hydrogen-bond donors (Lipinski definition) is 2. The van der Waals surface area contributed by atoms with Gasteiger partial charge >= 0.3 is 5.97 Å². The molecule has 120 valence electrons. The van der Waals surface area contributed by atoms with Crippen LogP contribution in [-0.2, 0) is 4.74 Å². The topological polar surface area (TPSA) is 50.4 Å². The first-order valence-corrected chi connectivity index (χ1v) is 7.79. The smallest absolute Gasteiger partial charge is 0.337 e. The lowest BCUT2D eigenvalue weighted by Crippen LogP contribution is -2.30. The van der Waals surface area contributed by atoms with Gasteiger partial charge in [0, 0.05) is 10.7 Å². The zero-order chi connectivity index (χ0) is 16.8. The highest BCUT2D eigenvalue weighted by Gasteiger charge is 2.09. The molecule has 0 saturated carbocycles. The van der Waals surface area contributed by atoms with Gasteiger partial charge in [-0.25, -0.2) is 4.79 Å². The first-order valence-electron chi connectivity index (χ1n) is 7.01. The van der Waals surface area contributed by atoms with Crippen molar-refractivity contribution in [1.29, 1.82) is 0 Å². The van der Waals surface area contributed by atoms with Crippen molar-refractivity contribution in [1.82, 2.24) is 5.32 Å². The van der Waals surface area contributed by atoms with E-state index in [0.29, 0.717) is 21.4 Å². The third-order valence-corrected chi connectivity index (χ3v) is 3.73. The van der Waals surface area contributed by atoms with Crippen molar-refractivity contribution in [3.05, 3.63) is 64.7 Å². The number of esters is 1. The largest absolute Gasteiger partial charge is 0.465 e. The van der Waals surface area contributed by atoms with Gasteiger partial charge in [0.05, 0.1) is 18.7 Å². The van der Waals surface area contributed by atoms with E-state index in [9.17, 15) is 4.79 Å². The van der Waals surface area contributed by atoms with Crippen LogP contribution in [0.25, 0.3) is 0 Å². The molecule has 4 nitrogen and oxygen atoms in total. The van der Waals surface area contributed by atoms with Gasteiger partial charge in [-0.3, -0.25) is 0 Å². The van der Waals surface area contributed by atoms with Crippen molar-refractivity contribution in [2.75, 3.05) is 12.4 Å². The third kappa shape index (κ3) is 4.94. The Morgan fingerprint density at radius 1 is 1.22 bits per heavy atom. The van der Waals surface area contributed by atoms with E-state index < -0.39 is 0 Å². The molecule has 0 aliphatic carbocycles. The normalized spacial score (nSPS) is 11.4. The Morgan fingerprint density at radius 2 is 1.91 bits per heavy atom. The maximum Gasteiger partial charge on any atom is 0.337 e. The minimum Gasteiger partial charge on any atom is -0.465 e. The molecular weight excluding hydrogens is 332 g/mol. The summed E-state index contributed by atoms with van der Waals surface area (Å²) < 4.78 is 4.70. The van der Waals surface area contributed by atoms with Crippen LogP contribution in [-0.4, -0.2) is 18.2 Å². The molecule has 0 heterocycles. The molecule has 0 aromatic heterocycles. The SMILES string of the molecule is COC(=O)c1cccc(NC(=S)N[C@@H](C)c2ccc(Cl)cc2)c1. The lowest BCUT2D eigenvalue weighted by molar-refractivity contribution is 0.0601. The highest BCUT2D eigenvalue weighted by atomic mass is 35.5. The van der Waals surface area contributed by atoms with Crippen LogP contribution in [0.3, 0.4) is 0 Å².